The van der Waals surface area contributed by atoms with Crippen LogP contribution in [0, 0.1) is 11.3 Å². The lowest BCUT2D eigenvalue weighted by atomic mass is 10.00. The summed E-state index contributed by atoms with van der Waals surface area (Å²) in [6.45, 7) is 6.53. The van der Waals surface area contributed by atoms with Gasteiger partial charge in [-0.15, -0.1) is 0 Å². The molecule has 1 aromatic carbocycles. The van der Waals surface area contributed by atoms with Crippen molar-refractivity contribution in [1.82, 2.24) is 4.31 Å². The van der Waals surface area contributed by atoms with Gasteiger partial charge in [0.05, 0.1) is 36.1 Å². The molecule has 2 rings (SSSR count). The Kier molecular flexibility index (Phi) is 6.06. The molecule has 6 nitrogen and oxygen atoms in total. The Balaban J connectivity index is 2.39. The summed E-state index contributed by atoms with van der Waals surface area (Å²) in [5.74, 6) is -0.472. The molecule has 1 aliphatic heterocycles. The lowest BCUT2D eigenvalue weighted by molar-refractivity contribution is -0.136. The minimum absolute atomic E-state index is 0.0673. The van der Waals surface area contributed by atoms with Crippen LogP contribution in [-0.2, 0) is 19.6 Å². The molecule has 0 fully saturated rings. The zero-order valence-electron chi connectivity index (χ0n) is 15.5. The number of sulfonamides is 1. The Morgan fingerprint density at radius 1 is 1.31 bits per heavy atom. The van der Waals surface area contributed by atoms with E-state index in [-0.39, 0.29) is 12.3 Å². The minimum atomic E-state index is -3.54. The second kappa shape index (κ2) is 7.74. The molecule has 0 saturated heterocycles. The van der Waals surface area contributed by atoms with Crippen molar-refractivity contribution in [2.45, 2.75) is 31.7 Å². The number of ether oxygens (including phenoxy) is 1. The van der Waals surface area contributed by atoms with Crippen LogP contribution in [0.5, 0.6) is 0 Å². The fourth-order valence-electron chi connectivity index (χ4n) is 2.79. The van der Waals surface area contributed by atoms with Crippen molar-refractivity contribution in [3.63, 3.8) is 0 Å². The number of carbonyl (C=O) groups excluding carboxylic acids is 1. The molecule has 8 heteroatoms. The summed E-state index contributed by atoms with van der Waals surface area (Å²) in [6.07, 6.45) is 1.61. The van der Waals surface area contributed by atoms with E-state index in [2.05, 4.69) is 19.6 Å². The van der Waals surface area contributed by atoms with Gasteiger partial charge in [0.1, 0.15) is 0 Å². The van der Waals surface area contributed by atoms with E-state index in [0.717, 1.165) is 0 Å². The average Bonchev–Trinajstić information content (AvgIpc) is 3.05. The van der Waals surface area contributed by atoms with Crippen molar-refractivity contribution in [3.8, 4) is 6.07 Å². The topological polar surface area (TPSA) is 87.5 Å². The molecule has 0 N–H and O–H groups in total. The van der Waals surface area contributed by atoms with Gasteiger partial charge in [-0.1, -0.05) is 37.8 Å². The highest BCUT2D eigenvalue weighted by Crippen LogP contribution is 2.36. The molecule has 0 aromatic heterocycles. The molecule has 1 unspecified atom stereocenters. The van der Waals surface area contributed by atoms with Gasteiger partial charge in [0.15, 0.2) is 0 Å². The Bertz CT molecular complexity index is 849. The first-order chi connectivity index (χ1) is 12.1. The number of carbonyl (C=O) groups is 1. The van der Waals surface area contributed by atoms with Crippen LogP contribution in [0.4, 0.5) is 0 Å². The Hall–Kier alpha value is -1.95. The minimum Gasteiger partial charge on any atom is -0.466 e. The second-order valence-corrected chi connectivity index (χ2v) is 15.1. The van der Waals surface area contributed by atoms with Crippen molar-refractivity contribution in [2.75, 3.05) is 19.4 Å². The van der Waals surface area contributed by atoms with Crippen molar-refractivity contribution >= 4 is 24.1 Å². The van der Waals surface area contributed by atoms with Crippen LogP contribution >= 0.6 is 0 Å². The number of hydrogen-bond donors (Lipinski definition) is 0. The zero-order chi connectivity index (χ0) is 19.5. The molecule has 0 amide bonds. The summed E-state index contributed by atoms with van der Waals surface area (Å²) in [7, 11) is -3.79. The van der Waals surface area contributed by atoms with Crippen LogP contribution in [0.2, 0.25) is 25.7 Å². The summed E-state index contributed by atoms with van der Waals surface area (Å²) in [5, 5.41) is 8.96. The van der Waals surface area contributed by atoms with Gasteiger partial charge in [0.2, 0.25) is 10.0 Å². The molecular weight excluding hydrogens is 368 g/mol. The molecule has 0 saturated carbocycles. The summed E-state index contributed by atoms with van der Waals surface area (Å²) in [5.41, 5.74) is 1.44. The molecule has 0 bridgehead atoms. The van der Waals surface area contributed by atoms with Crippen molar-refractivity contribution in [1.29, 1.82) is 5.26 Å². The van der Waals surface area contributed by atoms with Crippen LogP contribution < -0.4 is 0 Å². The highest BCUT2D eigenvalue weighted by Gasteiger charge is 2.40. The Morgan fingerprint density at radius 2 is 1.92 bits per heavy atom. The molecule has 140 valence electrons. The van der Waals surface area contributed by atoms with Gasteiger partial charge < -0.3 is 4.74 Å². The zero-order valence-corrected chi connectivity index (χ0v) is 17.3. The van der Waals surface area contributed by atoms with Crippen molar-refractivity contribution in [2.24, 2.45) is 0 Å². The summed E-state index contributed by atoms with van der Waals surface area (Å²) in [4.78, 5) is 12.2. The van der Waals surface area contributed by atoms with E-state index in [9.17, 15) is 13.2 Å². The third-order valence-electron chi connectivity index (χ3n) is 4.32. The van der Waals surface area contributed by atoms with Crippen LogP contribution in [0.3, 0.4) is 0 Å². The molecule has 1 aromatic rings. The maximum Gasteiger partial charge on any atom is 0.335 e. The first kappa shape index (κ1) is 20.4. The number of nitrogens with zero attached hydrogens (tertiary/aromatic N) is 2. The van der Waals surface area contributed by atoms with Gasteiger partial charge in [-0.2, -0.15) is 9.57 Å². The smallest absolute Gasteiger partial charge is 0.335 e. The fraction of sp³-hybridized carbons (Fsp3) is 0.444. The number of nitriles is 1. The van der Waals surface area contributed by atoms with Gasteiger partial charge in [0.25, 0.3) is 0 Å². The van der Waals surface area contributed by atoms with E-state index in [0.29, 0.717) is 22.7 Å². The van der Waals surface area contributed by atoms with E-state index >= 15 is 0 Å². The Labute approximate surface area is 156 Å². The van der Waals surface area contributed by atoms with Crippen LogP contribution in [-0.4, -0.2) is 46.2 Å². The van der Waals surface area contributed by atoms with Crippen molar-refractivity contribution in [3.05, 3.63) is 47.0 Å². The van der Waals surface area contributed by atoms with E-state index in [1.54, 1.807) is 30.3 Å². The number of methoxy groups -OCH3 is 1. The summed E-state index contributed by atoms with van der Waals surface area (Å²) < 4.78 is 32.1. The van der Waals surface area contributed by atoms with Gasteiger partial charge >= 0.3 is 5.97 Å². The van der Waals surface area contributed by atoms with Gasteiger partial charge in [0, 0.05) is 14.6 Å². The SMILES string of the molecule is COC(=O)C1=CCN(S(=O)(=O)CC[Si](C)(C)C)C1c1ccc(C#N)cc1. The number of esters is 1. The molecule has 0 radical (unpaired) electrons. The molecule has 1 heterocycles. The fourth-order valence-corrected chi connectivity index (χ4v) is 7.36. The predicted molar refractivity (Wildman–Crippen MR) is 103 cm³/mol. The van der Waals surface area contributed by atoms with Crippen LogP contribution in [0.15, 0.2) is 35.9 Å². The maximum absolute atomic E-state index is 13.0. The quantitative estimate of drug-likeness (QED) is 0.549. The van der Waals surface area contributed by atoms with E-state index in [4.69, 9.17) is 10.00 Å². The predicted octanol–water partition coefficient (Wildman–Crippen LogP) is 2.68. The second-order valence-electron chi connectivity index (χ2n) is 7.48. The number of hydrogen-bond acceptors (Lipinski definition) is 5. The normalized spacial score (nSPS) is 18.3. The molecule has 1 atom stereocenters. The van der Waals surface area contributed by atoms with Gasteiger partial charge in [-0.05, 0) is 23.7 Å². The largest absolute Gasteiger partial charge is 0.466 e. The highest BCUT2D eigenvalue weighted by molar-refractivity contribution is 7.89. The van der Waals surface area contributed by atoms with Gasteiger partial charge in [-0.3, -0.25) is 0 Å². The third-order valence-corrected chi connectivity index (χ3v) is 8.22. The summed E-state index contributed by atoms with van der Waals surface area (Å²) >= 11 is 0. The van der Waals surface area contributed by atoms with E-state index in [1.807, 2.05) is 6.07 Å². The van der Waals surface area contributed by atoms with Crippen LogP contribution in [0.1, 0.15) is 17.2 Å². The molecular formula is C18H24N2O4SSi. The average molecular weight is 393 g/mol. The van der Waals surface area contributed by atoms with Gasteiger partial charge in [-0.25, -0.2) is 13.2 Å². The van der Waals surface area contributed by atoms with Crippen molar-refractivity contribution < 1.29 is 17.9 Å². The third kappa shape index (κ3) is 4.61. The van der Waals surface area contributed by atoms with Crippen LogP contribution in [0.25, 0.3) is 0 Å². The maximum atomic E-state index is 13.0. The molecule has 1 aliphatic rings. The summed E-state index contributed by atoms with van der Waals surface area (Å²) in [6, 6.07) is 8.58. The number of rotatable bonds is 6. The first-order valence-electron chi connectivity index (χ1n) is 8.37. The monoisotopic (exact) mass is 392 g/mol. The van der Waals surface area contributed by atoms with E-state index < -0.39 is 30.1 Å². The van der Waals surface area contributed by atoms with E-state index in [1.165, 1.54) is 11.4 Å². The highest BCUT2D eigenvalue weighted by atomic mass is 32.2. The molecule has 26 heavy (non-hydrogen) atoms. The standard InChI is InChI=1S/C18H24N2O4SSi/c1-24-18(21)16-9-10-20(25(22,23)11-12-26(2,3)4)17(16)15-7-5-14(13-19)6-8-15/h5-9,17H,10-12H2,1-4H3. The number of benzene rings is 1. The Morgan fingerprint density at radius 3 is 2.42 bits per heavy atom. The lowest BCUT2D eigenvalue weighted by Gasteiger charge is -2.27. The molecule has 0 spiro atoms. The lowest BCUT2D eigenvalue weighted by Crippen LogP contribution is -2.37. The first-order valence-corrected chi connectivity index (χ1v) is 13.7. The molecule has 0 aliphatic carbocycles.